The molecule has 0 aliphatic carbocycles. The van der Waals surface area contributed by atoms with Crippen LogP contribution in [0.4, 0.5) is 0 Å². The minimum atomic E-state index is 0.419. The molecule has 0 bridgehead atoms. The SMILES string of the molecule is Bc1cnc2c(SC)nc(C#N)cn12. The molecular weight excluding hydrogens is 195 g/mol. The number of fused-ring (bicyclic) bond motifs is 1. The maximum absolute atomic E-state index is 8.79. The molecular formula is C8H7BN4S. The van der Waals surface area contributed by atoms with Gasteiger partial charge in [0, 0.05) is 12.4 Å². The smallest absolute Gasteiger partial charge is 0.169 e. The molecule has 0 saturated heterocycles. The van der Waals surface area contributed by atoms with E-state index in [9.17, 15) is 0 Å². The van der Waals surface area contributed by atoms with Gasteiger partial charge in [0.15, 0.2) is 19.2 Å². The van der Waals surface area contributed by atoms with Gasteiger partial charge in [-0.05, 0) is 11.8 Å². The minimum Gasteiger partial charge on any atom is -0.309 e. The van der Waals surface area contributed by atoms with E-state index in [-0.39, 0.29) is 0 Å². The van der Waals surface area contributed by atoms with E-state index in [1.807, 2.05) is 24.6 Å². The number of imidazole rings is 1. The first kappa shape index (κ1) is 9.09. The molecule has 0 saturated carbocycles. The molecule has 2 aromatic rings. The maximum Gasteiger partial charge on any atom is 0.169 e. The van der Waals surface area contributed by atoms with Crippen LogP contribution in [0.3, 0.4) is 0 Å². The van der Waals surface area contributed by atoms with E-state index in [1.165, 1.54) is 11.8 Å². The monoisotopic (exact) mass is 202 g/mol. The fourth-order valence-corrected chi connectivity index (χ4v) is 1.79. The summed E-state index contributed by atoms with van der Waals surface area (Å²) < 4.78 is 1.89. The Labute approximate surface area is 86.4 Å². The first-order valence-electron chi connectivity index (χ1n) is 4.05. The van der Waals surface area contributed by atoms with Crippen molar-refractivity contribution in [3.05, 3.63) is 18.1 Å². The molecule has 0 atom stereocenters. The Morgan fingerprint density at radius 2 is 2.43 bits per heavy atom. The molecule has 0 aliphatic rings. The Kier molecular flexibility index (Phi) is 2.18. The molecule has 0 radical (unpaired) electrons. The zero-order valence-electron chi connectivity index (χ0n) is 7.85. The van der Waals surface area contributed by atoms with Gasteiger partial charge in [0.25, 0.3) is 0 Å². The Morgan fingerprint density at radius 1 is 1.64 bits per heavy atom. The summed E-state index contributed by atoms with van der Waals surface area (Å²) in [6.07, 6.45) is 5.41. The van der Waals surface area contributed by atoms with Gasteiger partial charge in [-0.3, -0.25) is 0 Å². The maximum atomic E-state index is 8.79. The first-order chi connectivity index (χ1) is 6.76. The van der Waals surface area contributed by atoms with Crippen molar-refractivity contribution in [1.29, 1.82) is 5.26 Å². The molecule has 2 rings (SSSR count). The van der Waals surface area contributed by atoms with Crippen molar-refractivity contribution < 1.29 is 0 Å². The van der Waals surface area contributed by atoms with Crippen molar-refractivity contribution in [2.24, 2.45) is 0 Å². The van der Waals surface area contributed by atoms with Crippen LogP contribution in [0.5, 0.6) is 0 Å². The van der Waals surface area contributed by atoms with Crippen molar-refractivity contribution in [3.8, 4) is 6.07 Å². The molecule has 2 aromatic heterocycles. The van der Waals surface area contributed by atoms with Crippen LogP contribution in [-0.2, 0) is 0 Å². The molecule has 0 aromatic carbocycles. The predicted octanol–water partition coefficient (Wildman–Crippen LogP) is -0.419. The van der Waals surface area contributed by atoms with Gasteiger partial charge in [0.05, 0.1) is 0 Å². The molecule has 0 fully saturated rings. The second-order valence-electron chi connectivity index (χ2n) is 2.84. The third-order valence-corrected chi connectivity index (χ3v) is 2.61. The van der Waals surface area contributed by atoms with Gasteiger partial charge in [0.2, 0.25) is 0 Å². The summed E-state index contributed by atoms with van der Waals surface area (Å²) in [6, 6.07) is 2.04. The van der Waals surface area contributed by atoms with Crippen LogP contribution < -0.4 is 5.59 Å². The minimum absolute atomic E-state index is 0.419. The zero-order chi connectivity index (χ0) is 10.1. The second kappa shape index (κ2) is 3.35. The molecule has 0 aliphatic heterocycles. The average molecular weight is 202 g/mol. The quantitative estimate of drug-likeness (QED) is 0.465. The summed E-state index contributed by atoms with van der Waals surface area (Å²) in [6.45, 7) is 0. The normalized spacial score (nSPS) is 10.3. The molecule has 2 heterocycles. The second-order valence-corrected chi connectivity index (χ2v) is 3.64. The molecule has 0 N–H and O–H groups in total. The molecule has 0 amide bonds. The highest BCUT2D eigenvalue weighted by atomic mass is 32.2. The largest absolute Gasteiger partial charge is 0.309 e. The molecule has 14 heavy (non-hydrogen) atoms. The lowest BCUT2D eigenvalue weighted by Gasteiger charge is -2.01. The van der Waals surface area contributed by atoms with Crippen LogP contribution in [0.25, 0.3) is 5.65 Å². The summed E-state index contributed by atoms with van der Waals surface area (Å²) in [5, 5.41) is 9.58. The van der Waals surface area contributed by atoms with Crippen LogP contribution >= 0.6 is 11.8 Å². The van der Waals surface area contributed by atoms with Gasteiger partial charge in [-0.1, -0.05) is 0 Å². The van der Waals surface area contributed by atoms with E-state index in [0.717, 1.165) is 16.3 Å². The van der Waals surface area contributed by atoms with Crippen LogP contribution in [-0.4, -0.2) is 28.5 Å². The summed E-state index contributed by atoms with van der Waals surface area (Å²) >= 11 is 1.50. The molecule has 0 spiro atoms. The third-order valence-electron chi connectivity index (χ3n) is 1.95. The van der Waals surface area contributed by atoms with Crippen molar-refractivity contribution in [3.63, 3.8) is 0 Å². The van der Waals surface area contributed by atoms with Crippen molar-refractivity contribution in [2.45, 2.75) is 5.03 Å². The fraction of sp³-hybridized carbons (Fsp3) is 0.125. The van der Waals surface area contributed by atoms with Crippen molar-refractivity contribution in [1.82, 2.24) is 14.4 Å². The van der Waals surface area contributed by atoms with Gasteiger partial charge in [0.1, 0.15) is 11.1 Å². The zero-order valence-corrected chi connectivity index (χ0v) is 8.67. The standard InChI is InChI=1S/C8H7BN4S/c1-14-8-7-11-3-6(9)13(7)4-5(2-10)12-8/h3-4H,9H2,1H3. The van der Waals surface area contributed by atoms with Crippen LogP contribution in [0.2, 0.25) is 0 Å². The number of thioether (sulfide) groups is 1. The van der Waals surface area contributed by atoms with E-state index in [1.54, 1.807) is 12.4 Å². The summed E-state index contributed by atoms with van der Waals surface area (Å²) in [4.78, 5) is 8.40. The van der Waals surface area contributed by atoms with Crippen LogP contribution in [0.1, 0.15) is 5.69 Å². The van der Waals surface area contributed by atoms with Gasteiger partial charge >= 0.3 is 0 Å². The topological polar surface area (TPSA) is 54.0 Å². The number of rotatable bonds is 1. The van der Waals surface area contributed by atoms with E-state index >= 15 is 0 Å². The number of hydrogen-bond donors (Lipinski definition) is 0. The average Bonchev–Trinajstić information content (AvgIpc) is 2.59. The summed E-state index contributed by atoms with van der Waals surface area (Å²) in [5.41, 5.74) is 2.24. The number of hydrogen-bond acceptors (Lipinski definition) is 4. The van der Waals surface area contributed by atoms with Gasteiger partial charge < -0.3 is 4.40 Å². The molecule has 4 nitrogen and oxygen atoms in total. The van der Waals surface area contributed by atoms with Gasteiger partial charge in [-0.25, -0.2) is 9.97 Å². The predicted molar refractivity (Wildman–Crippen MR) is 57.7 cm³/mol. The van der Waals surface area contributed by atoms with E-state index in [4.69, 9.17) is 5.26 Å². The molecule has 0 unspecified atom stereocenters. The van der Waals surface area contributed by atoms with E-state index in [0.29, 0.717) is 5.69 Å². The number of nitrogens with zero attached hydrogens (tertiary/aromatic N) is 4. The molecule has 6 heteroatoms. The highest BCUT2D eigenvalue weighted by molar-refractivity contribution is 7.98. The third kappa shape index (κ3) is 1.26. The highest BCUT2D eigenvalue weighted by Crippen LogP contribution is 2.16. The highest BCUT2D eigenvalue weighted by Gasteiger charge is 2.07. The summed E-state index contributed by atoms with van der Waals surface area (Å²) in [7, 11) is 1.95. The van der Waals surface area contributed by atoms with E-state index in [2.05, 4.69) is 9.97 Å². The number of nitriles is 1. The lowest BCUT2D eigenvalue weighted by atomic mass is 10.1. The van der Waals surface area contributed by atoms with Crippen molar-refractivity contribution >= 4 is 30.8 Å². The lowest BCUT2D eigenvalue weighted by molar-refractivity contribution is 1.02. The Hall–Kier alpha value is -1.48. The van der Waals surface area contributed by atoms with Gasteiger partial charge in [-0.15, -0.1) is 11.8 Å². The molecule has 68 valence electrons. The van der Waals surface area contributed by atoms with Crippen LogP contribution in [0, 0.1) is 11.3 Å². The Morgan fingerprint density at radius 3 is 3.07 bits per heavy atom. The fourth-order valence-electron chi connectivity index (χ4n) is 1.27. The van der Waals surface area contributed by atoms with Crippen LogP contribution in [0.15, 0.2) is 17.4 Å². The van der Waals surface area contributed by atoms with Gasteiger partial charge in [-0.2, -0.15) is 5.26 Å². The summed E-state index contributed by atoms with van der Waals surface area (Å²) in [5.74, 6) is 0. The Bertz CT molecular complexity index is 528. The lowest BCUT2D eigenvalue weighted by Crippen LogP contribution is -2.10. The first-order valence-corrected chi connectivity index (χ1v) is 5.27. The van der Waals surface area contributed by atoms with E-state index < -0.39 is 0 Å². The Balaban J connectivity index is 2.84. The van der Waals surface area contributed by atoms with Crippen molar-refractivity contribution in [2.75, 3.05) is 6.26 Å². The number of aromatic nitrogens is 3.